The number of hydrogen-bond acceptors (Lipinski definition) is 3. The molecule has 2 heterocycles. The molecule has 1 aromatic heterocycles. The van der Waals surface area contributed by atoms with Crippen LogP contribution in [-0.4, -0.2) is 22.8 Å². The van der Waals surface area contributed by atoms with Crippen molar-refractivity contribution in [3.05, 3.63) is 46.0 Å². The highest BCUT2D eigenvalue weighted by Crippen LogP contribution is 2.26. The van der Waals surface area contributed by atoms with Crippen LogP contribution in [0.15, 0.2) is 23.5 Å². The Labute approximate surface area is 124 Å². The van der Waals surface area contributed by atoms with Crippen LogP contribution in [0.1, 0.15) is 35.7 Å². The molecular weight excluding hydrogens is 264 g/mol. The lowest BCUT2D eigenvalue weighted by molar-refractivity contribution is 0.0828. The number of ether oxygens (including phenoxy) is 1. The topological polar surface area (TPSA) is 44.1 Å². The van der Waals surface area contributed by atoms with Gasteiger partial charge in [-0.05, 0) is 37.5 Å². The fraction of sp³-hybridized carbons (Fsp3) is 0.412. The maximum atomic E-state index is 12.7. The number of aromatic nitrogens is 2. The van der Waals surface area contributed by atoms with Gasteiger partial charge in [0.25, 0.3) is 5.56 Å². The van der Waals surface area contributed by atoms with Crippen molar-refractivity contribution in [2.24, 2.45) is 7.05 Å². The normalized spacial score (nSPS) is 16.3. The summed E-state index contributed by atoms with van der Waals surface area (Å²) in [5.74, 6) is 1.16. The number of nitrogens with zero attached hydrogens (tertiary/aromatic N) is 2. The zero-order valence-corrected chi connectivity index (χ0v) is 12.6. The molecule has 3 rings (SSSR count). The summed E-state index contributed by atoms with van der Waals surface area (Å²) in [6, 6.07) is 3.93. The molecule has 110 valence electrons. The zero-order chi connectivity index (χ0) is 15.0. The van der Waals surface area contributed by atoms with Gasteiger partial charge < -0.3 is 4.74 Å². The van der Waals surface area contributed by atoms with Gasteiger partial charge in [-0.1, -0.05) is 12.7 Å². The van der Waals surface area contributed by atoms with E-state index in [2.05, 4.69) is 6.58 Å². The Balaban J connectivity index is 2.27. The molecule has 0 N–H and O–H groups in total. The largest absolute Gasteiger partial charge is 0.381 e. The summed E-state index contributed by atoms with van der Waals surface area (Å²) < 4.78 is 7.11. The standard InChI is InChI=1S/C17H20N2O2/c1-4-12-9-11(2)10-14-15(12)18-16(19(3)17(14)20)13-5-7-21-8-6-13/h4,9-10,13H,1,5-8H2,2-3H3. The molecule has 0 unspecified atom stereocenters. The SMILES string of the molecule is C=Cc1cc(C)cc2c(=O)n(C)c(C3CCOCC3)nc12. The monoisotopic (exact) mass is 284 g/mol. The molecule has 0 amide bonds. The summed E-state index contributed by atoms with van der Waals surface area (Å²) in [6.45, 7) is 7.31. The maximum Gasteiger partial charge on any atom is 0.261 e. The molecule has 0 bridgehead atoms. The van der Waals surface area contributed by atoms with Gasteiger partial charge in [-0.2, -0.15) is 0 Å². The van der Waals surface area contributed by atoms with Crippen molar-refractivity contribution in [1.29, 1.82) is 0 Å². The van der Waals surface area contributed by atoms with Gasteiger partial charge in [0.1, 0.15) is 5.82 Å². The average Bonchev–Trinajstić information content (AvgIpc) is 2.51. The number of aryl methyl sites for hydroxylation is 1. The van der Waals surface area contributed by atoms with Crippen molar-refractivity contribution in [2.45, 2.75) is 25.7 Å². The Kier molecular flexibility index (Phi) is 3.64. The third-order valence-corrected chi connectivity index (χ3v) is 4.20. The Morgan fingerprint density at radius 1 is 1.38 bits per heavy atom. The lowest BCUT2D eigenvalue weighted by Crippen LogP contribution is -2.27. The van der Waals surface area contributed by atoms with Gasteiger partial charge in [-0.15, -0.1) is 0 Å². The number of rotatable bonds is 2. The molecule has 0 spiro atoms. The van der Waals surface area contributed by atoms with Gasteiger partial charge in [0.05, 0.1) is 10.9 Å². The molecular formula is C17H20N2O2. The summed E-state index contributed by atoms with van der Waals surface area (Å²) in [6.07, 6.45) is 3.61. The van der Waals surface area contributed by atoms with Crippen LogP contribution in [-0.2, 0) is 11.8 Å². The summed E-state index contributed by atoms with van der Waals surface area (Å²) in [7, 11) is 1.81. The number of benzene rings is 1. The molecule has 1 aromatic carbocycles. The third kappa shape index (κ3) is 2.40. The Morgan fingerprint density at radius 3 is 2.76 bits per heavy atom. The Hall–Kier alpha value is -1.94. The van der Waals surface area contributed by atoms with Crippen molar-refractivity contribution >= 4 is 17.0 Å². The highest BCUT2D eigenvalue weighted by atomic mass is 16.5. The Bertz CT molecular complexity index is 755. The van der Waals surface area contributed by atoms with Gasteiger partial charge in [0.15, 0.2) is 0 Å². The van der Waals surface area contributed by atoms with E-state index in [0.29, 0.717) is 11.3 Å². The quantitative estimate of drug-likeness (QED) is 0.851. The van der Waals surface area contributed by atoms with Crippen molar-refractivity contribution in [2.75, 3.05) is 13.2 Å². The summed E-state index contributed by atoms with van der Waals surface area (Å²) >= 11 is 0. The summed E-state index contributed by atoms with van der Waals surface area (Å²) in [4.78, 5) is 17.5. The first kappa shape index (κ1) is 14.0. The first-order valence-corrected chi connectivity index (χ1v) is 7.33. The van der Waals surface area contributed by atoms with Gasteiger partial charge in [-0.25, -0.2) is 4.98 Å². The van der Waals surface area contributed by atoms with E-state index in [9.17, 15) is 4.79 Å². The second-order valence-electron chi connectivity index (χ2n) is 5.68. The molecule has 1 saturated heterocycles. The van der Waals surface area contributed by atoms with Gasteiger partial charge >= 0.3 is 0 Å². The minimum atomic E-state index is 0.0216. The third-order valence-electron chi connectivity index (χ3n) is 4.20. The van der Waals surface area contributed by atoms with E-state index in [1.54, 1.807) is 10.6 Å². The molecule has 1 aliphatic heterocycles. The van der Waals surface area contributed by atoms with Gasteiger partial charge in [0.2, 0.25) is 0 Å². The van der Waals surface area contributed by atoms with E-state index >= 15 is 0 Å². The molecule has 0 saturated carbocycles. The second-order valence-corrected chi connectivity index (χ2v) is 5.68. The summed E-state index contributed by atoms with van der Waals surface area (Å²) in [5.41, 5.74) is 2.76. The molecule has 2 aromatic rings. The molecule has 21 heavy (non-hydrogen) atoms. The lowest BCUT2D eigenvalue weighted by atomic mass is 9.98. The van der Waals surface area contributed by atoms with E-state index < -0.39 is 0 Å². The number of hydrogen-bond donors (Lipinski definition) is 0. The highest BCUT2D eigenvalue weighted by molar-refractivity contribution is 5.87. The summed E-state index contributed by atoms with van der Waals surface area (Å²) in [5, 5.41) is 0.670. The predicted octanol–water partition coefficient (Wildman–Crippen LogP) is 2.78. The highest BCUT2D eigenvalue weighted by Gasteiger charge is 2.21. The molecule has 4 nitrogen and oxygen atoms in total. The number of fused-ring (bicyclic) bond motifs is 1. The minimum Gasteiger partial charge on any atom is -0.381 e. The van der Waals surface area contributed by atoms with Crippen LogP contribution in [0.5, 0.6) is 0 Å². The van der Waals surface area contributed by atoms with Crippen molar-refractivity contribution in [1.82, 2.24) is 9.55 Å². The fourth-order valence-corrected chi connectivity index (χ4v) is 3.05. The molecule has 0 aliphatic carbocycles. The van der Waals surface area contributed by atoms with E-state index in [0.717, 1.165) is 48.5 Å². The maximum absolute atomic E-state index is 12.7. The van der Waals surface area contributed by atoms with Crippen LogP contribution in [0.3, 0.4) is 0 Å². The van der Waals surface area contributed by atoms with Crippen LogP contribution in [0.2, 0.25) is 0 Å². The molecule has 0 radical (unpaired) electrons. The molecule has 1 aliphatic rings. The molecule has 4 heteroatoms. The van der Waals surface area contributed by atoms with Crippen LogP contribution in [0.25, 0.3) is 17.0 Å². The predicted molar refractivity (Wildman–Crippen MR) is 84.6 cm³/mol. The van der Waals surface area contributed by atoms with Gasteiger partial charge in [-0.3, -0.25) is 9.36 Å². The fourth-order valence-electron chi connectivity index (χ4n) is 3.05. The van der Waals surface area contributed by atoms with E-state index in [-0.39, 0.29) is 5.56 Å². The van der Waals surface area contributed by atoms with Crippen LogP contribution >= 0.6 is 0 Å². The minimum absolute atomic E-state index is 0.0216. The van der Waals surface area contributed by atoms with Crippen molar-refractivity contribution in [3.8, 4) is 0 Å². The first-order chi connectivity index (χ1) is 10.1. The molecule has 1 fully saturated rings. The van der Waals surface area contributed by atoms with Gasteiger partial charge in [0, 0.05) is 31.7 Å². The van der Waals surface area contributed by atoms with E-state index in [4.69, 9.17) is 9.72 Å². The van der Waals surface area contributed by atoms with Crippen molar-refractivity contribution in [3.63, 3.8) is 0 Å². The van der Waals surface area contributed by atoms with Crippen LogP contribution in [0, 0.1) is 6.92 Å². The van der Waals surface area contributed by atoms with Crippen LogP contribution in [0.4, 0.5) is 0 Å². The Morgan fingerprint density at radius 2 is 2.10 bits per heavy atom. The second kappa shape index (κ2) is 5.45. The first-order valence-electron chi connectivity index (χ1n) is 7.33. The van der Waals surface area contributed by atoms with E-state index in [1.807, 2.05) is 26.1 Å². The molecule has 0 atom stereocenters. The smallest absolute Gasteiger partial charge is 0.261 e. The lowest BCUT2D eigenvalue weighted by Gasteiger charge is -2.23. The van der Waals surface area contributed by atoms with Crippen molar-refractivity contribution < 1.29 is 4.74 Å². The average molecular weight is 284 g/mol. The van der Waals surface area contributed by atoms with Crippen LogP contribution < -0.4 is 5.56 Å². The van der Waals surface area contributed by atoms with E-state index in [1.165, 1.54) is 0 Å². The zero-order valence-electron chi connectivity index (χ0n) is 12.6.